The van der Waals surface area contributed by atoms with Crippen molar-refractivity contribution in [3.8, 4) is 0 Å². The molecule has 0 saturated heterocycles. The van der Waals surface area contributed by atoms with Crippen LogP contribution in [0.4, 0.5) is 5.69 Å². The summed E-state index contributed by atoms with van der Waals surface area (Å²) in [5.41, 5.74) is 1.27. The molecule has 0 aliphatic heterocycles. The Hall–Kier alpha value is -1.32. The van der Waals surface area contributed by atoms with Gasteiger partial charge in [0.15, 0.2) is 0 Å². The van der Waals surface area contributed by atoms with Crippen molar-refractivity contribution in [2.45, 2.75) is 23.6 Å². The maximum Gasteiger partial charge on any atom is 0.261 e. The summed E-state index contributed by atoms with van der Waals surface area (Å²) in [7, 11) is -7.95. The van der Waals surface area contributed by atoms with Crippen LogP contribution >= 0.6 is 23.2 Å². The Morgan fingerprint density at radius 2 is 1.54 bits per heavy atom. The summed E-state index contributed by atoms with van der Waals surface area (Å²) in [6, 6.07) is 6.41. The molecule has 0 spiro atoms. The van der Waals surface area contributed by atoms with Gasteiger partial charge in [-0.2, -0.15) is 0 Å². The maximum atomic E-state index is 12.5. The lowest BCUT2D eigenvalue weighted by Crippen LogP contribution is -2.17. The summed E-state index contributed by atoms with van der Waals surface area (Å²) < 4.78 is 50.4. The molecule has 2 aromatic carbocycles. The molecule has 0 bridgehead atoms. The minimum Gasteiger partial charge on any atom is -0.279 e. The highest BCUT2D eigenvalue weighted by Crippen LogP contribution is 2.28. The van der Waals surface area contributed by atoms with Gasteiger partial charge in [0.25, 0.3) is 10.0 Å². The quantitative estimate of drug-likeness (QED) is 0.809. The minimum atomic E-state index is -3.98. The number of sulfonamides is 2. The number of primary sulfonamides is 1. The number of hydrogen-bond acceptors (Lipinski definition) is 4. The second kappa shape index (κ2) is 6.53. The second-order valence-corrected chi connectivity index (χ2v) is 9.20. The Morgan fingerprint density at radius 3 is 2.08 bits per heavy atom. The third-order valence-corrected chi connectivity index (χ3v) is 6.41. The van der Waals surface area contributed by atoms with Crippen molar-refractivity contribution in [2.24, 2.45) is 5.14 Å². The highest BCUT2D eigenvalue weighted by molar-refractivity contribution is 7.92. The van der Waals surface area contributed by atoms with Crippen LogP contribution in [0.1, 0.15) is 11.1 Å². The second-order valence-electron chi connectivity index (χ2n) is 5.14. The van der Waals surface area contributed by atoms with Crippen LogP contribution in [0.2, 0.25) is 10.0 Å². The molecular formula is C14H14Cl2N2O4S2. The number of benzene rings is 2. The minimum absolute atomic E-state index is 0.0886. The molecule has 0 atom stereocenters. The highest BCUT2D eigenvalue weighted by Gasteiger charge is 2.19. The van der Waals surface area contributed by atoms with Crippen molar-refractivity contribution >= 4 is 48.9 Å². The lowest BCUT2D eigenvalue weighted by Gasteiger charge is -2.14. The van der Waals surface area contributed by atoms with Crippen molar-refractivity contribution in [1.29, 1.82) is 0 Å². The monoisotopic (exact) mass is 408 g/mol. The number of hydrogen-bond donors (Lipinski definition) is 2. The van der Waals surface area contributed by atoms with E-state index in [4.69, 9.17) is 28.3 Å². The molecule has 24 heavy (non-hydrogen) atoms. The van der Waals surface area contributed by atoms with E-state index in [1.807, 2.05) is 0 Å². The molecule has 2 rings (SSSR count). The molecule has 0 radical (unpaired) electrons. The van der Waals surface area contributed by atoms with Gasteiger partial charge >= 0.3 is 0 Å². The molecule has 2 aromatic rings. The molecule has 0 fully saturated rings. The fourth-order valence-corrected chi connectivity index (χ4v) is 4.07. The van der Waals surface area contributed by atoms with E-state index in [0.717, 1.165) is 0 Å². The van der Waals surface area contributed by atoms with Crippen LogP contribution in [0.15, 0.2) is 40.1 Å². The van der Waals surface area contributed by atoms with Crippen LogP contribution in [-0.4, -0.2) is 16.8 Å². The van der Waals surface area contributed by atoms with Crippen molar-refractivity contribution < 1.29 is 16.8 Å². The molecule has 3 N–H and O–H groups in total. The Kier molecular flexibility index (Phi) is 5.17. The Morgan fingerprint density at radius 1 is 0.917 bits per heavy atom. The Labute approximate surface area is 150 Å². The summed E-state index contributed by atoms with van der Waals surface area (Å²) in [4.78, 5) is -0.285. The first-order valence-electron chi connectivity index (χ1n) is 6.54. The molecule has 6 nitrogen and oxygen atoms in total. The third kappa shape index (κ3) is 4.01. The van der Waals surface area contributed by atoms with Crippen molar-refractivity contribution in [2.75, 3.05) is 4.72 Å². The lowest BCUT2D eigenvalue weighted by atomic mass is 10.1. The van der Waals surface area contributed by atoms with Gasteiger partial charge in [-0.25, -0.2) is 22.0 Å². The molecule has 0 amide bonds. The standard InChI is InChI=1S/C14H14Cl2N2O4S2/c1-8-5-11(23(17,19)20)7-14(9(8)2)18-24(21,22)10-3-4-12(15)13(16)6-10/h3-7,18H,1-2H3,(H2,17,19,20). The van der Waals surface area contributed by atoms with Crippen LogP contribution in [0.3, 0.4) is 0 Å². The van der Waals surface area contributed by atoms with E-state index in [1.165, 1.54) is 30.3 Å². The summed E-state index contributed by atoms with van der Waals surface area (Å²) in [5, 5.41) is 5.43. The molecule has 0 heterocycles. The molecule has 0 unspecified atom stereocenters. The summed E-state index contributed by atoms with van der Waals surface area (Å²) in [6.45, 7) is 3.32. The third-order valence-electron chi connectivity index (χ3n) is 3.42. The average Bonchev–Trinajstić information content (AvgIpc) is 2.45. The van der Waals surface area contributed by atoms with E-state index >= 15 is 0 Å². The fourth-order valence-electron chi connectivity index (χ4n) is 1.94. The normalized spacial score (nSPS) is 12.2. The van der Waals surface area contributed by atoms with Crippen molar-refractivity contribution in [3.63, 3.8) is 0 Å². The zero-order valence-corrected chi connectivity index (χ0v) is 15.8. The number of anilines is 1. The van der Waals surface area contributed by atoms with Gasteiger partial charge in [0.2, 0.25) is 10.0 Å². The number of aryl methyl sites for hydroxylation is 1. The first-order chi connectivity index (χ1) is 10.9. The first kappa shape index (κ1) is 19.0. The topological polar surface area (TPSA) is 106 Å². The van der Waals surface area contributed by atoms with Gasteiger partial charge in [-0.05, 0) is 55.3 Å². The van der Waals surface area contributed by atoms with Crippen LogP contribution in [0.5, 0.6) is 0 Å². The van der Waals surface area contributed by atoms with Gasteiger partial charge in [-0.1, -0.05) is 23.2 Å². The summed E-state index contributed by atoms with van der Waals surface area (Å²) >= 11 is 11.6. The van der Waals surface area contributed by atoms with Gasteiger partial charge in [0.05, 0.1) is 25.5 Å². The number of nitrogens with one attached hydrogen (secondary N) is 1. The van der Waals surface area contributed by atoms with Gasteiger partial charge in [-0.3, -0.25) is 4.72 Å². The van der Waals surface area contributed by atoms with Crippen LogP contribution in [0.25, 0.3) is 0 Å². The van der Waals surface area contributed by atoms with E-state index in [2.05, 4.69) is 4.72 Å². The van der Waals surface area contributed by atoms with Gasteiger partial charge in [0, 0.05) is 0 Å². The fraction of sp³-hybridized carbons (Fsp3) is 0.143. The van der Waals surface area contributed by atoms with E-state index in [9.17, 15) is 16.8 Å². The van der Waals surface area contributed by atoms with Gasteiger partial charge in [0.1, 0.15) is 0 Å². The van der Waals surface area contributed by atoms with Crippen LogP contribution < -0.4 is 9.86 Å². The van der Waals surface area contributed by atoms with Crippen LogP contribution in [-0.2, 0) is 20.0 Å². The van der Waals surface area contributed by atoms with Gasteiger partial charge in [-0.15, -0.1) is 0 Å². The Balaban J connectivity index is 2.53. The molecule has 0 aliphatic carbocycles. The molecular weight excluding hydrogens is 395 g/mol. The maximum absolute atomic E-state index is 12.5. The molecule has 130 valence electrons. The van der Waals surface area contributed by atoms with Gasteiger partial charge < -0.3 is 0 Å². The highest BCUT2D eigenvalue weighted by atomic mass is 35.5. The number of rotatable bonds is 4. The number of nitrogens with two attached hydrogens (primary N) is 1. The lowest BCUT2D eigenvalue weighted by molar-refractivity contribution is 0.596. The predicted octanol–water partition coefficient (Wildman–Crippen LogP) is 3.06. The van der Waals surface area contributed by atoms with Crippen molar-refractivity contribution in [3.05, 3.63) is 51.5 Å². The smallest absolute Gasteiger partial charge is 0.261 e. The summed E-state index contributed by atoms with van der Waals surface area (Å²) in [5.74, 6) is 0. The molecule has 0 saturated carbocycles. The average molecular weight is 409 g/mol. The summed E-state index contributed by atoms with van der Waals surface area (Å²) in [6.07, 6.45) is 0. The Bertz CT molecular complexity index is 1020. The van der Waals surface area contributed by atoms with E-state index < -0.39 is 20.0 Å². The zero-order chi connectivity index (χ0) is 18.3. The number of halogens is 2. The van der Waals surface area contributed by atoms with E-state index in [0.29, 0.717) is 11.1 Å². The van der Waals surface area contributed by atoms with Crippen molar-refractivity contribution in [1.82, 2.24) is 0 Å². The van der Waals surface area contributed by atoms with E-state index in [1.54, 1.807) is 13.8 Å². The largest absolute Gasteiger partial charge is 0.279 e. The van der Waals surface area contributed by atoms with E-state index in [-0.39, 0.29) is 25.5 Å². The predicted molar refractivity (Wildman–Crippen MR) is 94.6 cm³/mol. The zero-order valence-electron chi connectivity index (χ0n) is 12.7. The van der Waals surface area contributed by atoms with Crippen LogP contribution in [0, 0.1) is 13.8 Å². The molecule has 0 aromatic heterocycles. The SMILES string of the molecule is Cc1cc(S(N)(=O)=O)cc(NS(=O)(=O)c2ccc(Cl)c(Cl)c2)c1C. The molecule has 10 heteroatoms. The first-order valence-corrected chi connectivity index (χ1v) is 10.3. The molecule has 0 aliphatic rings.